The van der Waals surface area contributed by atoms with Crippen molar-refractivity contribution in [1.82, 2.24) is 14.5 Å². The van der Waals surface area contributed by atoms with E-state index in [1.165, 1.54) is 0 Å². The van der Waals surface area contributed by atoms with Crippen LogP contribution in [0.5, 0.6) is 0 Å². The molecule has 0 aliphatic carbocycles. The molecule has 0 amide bonds. The van der Waals surface area contributed by atoms with Crippen molar-refractivity contribution in [2.45, 2.75) is 26.3 Å². The average Bonchev–Trinajstić information content (AvgIpc) is 2.45. The van der Waals surface area contributed by atoms with E-state index in [-0.39, 0.29) is 5.56 Å². The molecule has 0 aliphatic heterocycles. The van der Waals surface area contributed by atoms with Gasteiger partial charge >= 0.3 is 0 Å². The minimum Gasteiger partial charge on any atom is -0.292 e. The van der Waals surface area contributed by atoms with Gasteiger partial charge in [-0.15, -0.1) is 8.93 Å². The average molecular weight is 331 g/mol. The minimum atomic E-state index is -0.461. The highest BCUT2D eigenvalue weighted by Gasteiger charge is 2.15. The summed E-state index contributed by atoms with van der Waals surface area (Å²) in [6, 6.07) is 1.81. The maximum Gasteiger partial charge on any atom is 0.263 e. The second-order valence-corrected chi connectivity index (χ2v) is 13.2. The molecule has 0 saturated heterocycles. The van der Waals surface area contributed by atoms with E-state index in [1.807, 2.05) is 10.6 Å². The van der Waals surface area contributed by atoms with Crippen LogP contribution in [0.25, 0.3) is 10.9 Å². The molecule has 8 heteroatoms. The molecule has 0 fully saturated rings. The first-order valence-electron chi connectivity index (χ1n) is 6.04. The minimum absolute atomic E-state index is 0.0414. The number of hydrogen-bond acceptors (Lipinski definition) is 3. The van der Waals surface area contributed by atoms with E-state index in [9.17, 15) is 4.79 Å². The molecule has 4 atom stereocenters. The van der Waals surface area contributed by atoms with Crippen LogP contribution >= 0.6 is 33.1 Å². The largest absolute Gasteiger partial charge is 0.292 e. The lowest BCUT2D eigenvalue weighted by Gasteiger charge is -2.16. The van der Waals surface area contributed by atoms with Gasteiger partial charge in [0, 0.05) is 26.2 Å². The van der Waals surface area contributed by atoms with Crippen LogP contribution in [0.4, 0.5) is 0 Å². The van der Waals surface area contributed by atoms with E-state index in [1.54, 1.807) is 12.4 Å². The zero-order valence-corrected chi connectivity index (χ0v) is 14.9. The van der Waals surface area contributed by atoms with Crippen molar-refractivity contribution in [2.24, 2.45) is 0 Å². The highest BCUT2D eigenvalue weighted by Crippen LogP contribution is 2.64. The van der Waals surface area contributed by atoms with Crippen LogP contribution in [-0.4, -0.2) is 14.5 Å². The van der Waals surface area contributed by atoms with E-state index in [2.05, 4.69) is 34.7 Å². The van der Waals surface area contributed by atoms with Crippen LogP contribution < -0.4 is 11.1 Å². The Balaban J connectivity index is 2.65. The molecular formula is C11H17N3OP4. The maximum atomic E-state index is 12.6. The Hall–Kier alpha value is 0.0100. The van der Waals surface area contributed by atoms with E-state index < -0.39 is 7.30 Å². The fourth-order valence-corrected chi connectivity index (χ4v) is 5.08. The monoisotopic (exact) mass is 331 g/mol. The fraction of sp³-hybridized carbons (Fsp3) is 0.364. The number of unbranched alkanes of at least 4 members (excludes halogenated alkanes) is 1. The molecule has 0 aromatic carbocycles. The van der Waals surface area contributed by atoms with Gasteiger partial charge in [-0.25, -0.2) is 4.98 Å². The van der Waals surface area contributed by atoms with Gasteiger partial charge in [-0.05, 0) is 12.5 Å². The van der Waals surface area contributed by atoms with E-state index in [4.69, 9.17) is 0 Å². The maximum absolute atomic E-state index is 12.6. The summed E-state index contributed by atoms with van der Waals surface area (Å²) in [5.74, 6) is 0. The quantitative estimate of drug-likeness (QED) is 0.792. The van der Waals surface area contributed by atoms with Gasteiger partial charge in [-0.1, -0.05) is 30.2 Å². The Kier molecular flexibility index (Phi) is 5.79. The first-order chi connectivity index (χ1) is 9.19. The lowest BCUT2D eigenvalue weighted by molar-refractivity contribution is 0.624. The van der Waals surface area contributed by atoms with Crippen molar-refractivity contribution < 1.29 is 0 Å². The van der Waals surface area contributed by atoms with Crippen LogP contribution in [0.15, 0.2) is 23.3 Å². The molecule has 102 valence electrons. The number of pyridine rings is 1. The molecule has 0 aliphatic rings. The van der Waals surface area contributed by atoms with E-state index in [0.717, 1.165) is 30.5 Å². The highest BCUT2D eigenvalue weighted by molar-refractivity contribution is 8.63. The van der Waals surface area contributed by atoms with Gasteiger partial charge in [-0.3, -0.25) is 14.3 Å². The summed E-state index contributed by atoms with van der Waals surface area (Å²) in [6.07, 6.45) is 5.36. The molecular weight excluding hydrogens is 314 g/mol. The van der Waals surface area contributed by atoms with Gasteiger partial charge in [0.15, 0.2) is 0 Å². The summed E-state index contributed by atoms with van der Waals surface area (Å²) >= 11 is 0. The third-order valence-electron chi connectivity index (χ3n) is 2.83. The van der Waals surface area contributed by atoms with E-state index in [0.29, 0.717) is 13.3 Å². The smallest absolute Gasteiger partial charge is 0.263 e. The third-order valence-corrected chi connectivity index (χ3v) is 12.5. The van der Waals surface area contributed by atoms with Gasteiger partial charge in [0.2, 0.25) is 0 Å². The fourth-order valence-electron chi connectivity index (χ4n) is 1.81. The van der Waals surface area contributed by atoms with Crippen LogP contribution in [0.3, 0.4) is 0 Å². The lowest BCUT2D eigenvalue weighted by atomic mass is 10.3. The van der Waals surface area contributed by atoms with Crippen LogP contribution in [-0.2, 0) is 6.54 Å². The molecule has 0 saturated carbocycles. The van der Waals surface area contributed by atoms with Crippen molar-refractivity contribution in [2.75, 3.05) is 0 Å². The normalized spacial score (nSPS) is 13.4. The Morgan fingerprint density at radius 2 is 2.32 bits per heavy atom. The predicted molar refractivity (Wildman–Crippen MR) is 93.0 cm³/mol. The van der Waals surface area contributed by atoms with Crippen molar-refractivity contribution in [3.63, 3.8) is 0 Å². The molecule has 2 rings (SSSR count). The zero-order valence-electron chi connectivity index (χ0n) is 10.7. The molecule has 2 aromatic rings. The van der Waals surface area contributed by atoms with Crippen molar-refractivity contribution in [1.29, 1.82) is 0 Å². The van der Waals surface area contributed by atoms with Crippen molar-refractivity contribution in [3.8, 4) is 0 Å². The molecule has 0 bridgehead atoms. The number of hydrogen-bond donors (Lipinski definition) is 0. The molecule has 4 nitrogen and oxygen atoms in total. The molecule has 19 heavy (non-hydrogen) atoms. The topological polar surface area (TPSA) is 47.8 Å². The first kappa shape index (κ1) is 15.4. The number of aromatic nitrogens is 3. The van der Waals surface area contributed by atoms with Gasteiger partial charge in [0.05, 0.1) is 10.9 Å². The molecule has 2 heterocycles. The van der Waals surface area contributed by atoms with Crippen LogP contribution in [0, 0.1) is 0 Å². The van der Waals surface area contributed by atoms with Crippen molar-refractivity contribution >= 4 is 49.6 Å². The Bertz CT molecular complexity index is 631. The van der Waals surface area contributed by atoms with Crippen LogP contribution in [0.2, 0.25) is 0 Å². The van der Waals surface area contributed by atoms with E-state index >= 15 is 0 Å². The Morgan fingerprint density at radius 1 is 1.53 bits per heavy atom. The van der Waals surface area contributed by atoms with Gasteiger partial charge in [0.25, 0.3) is 5.56 Å². The summed E-state index contributed by atoms with van der Waals surface area (Å²) < 4.78 is 1.84. The predicted octanol–water partition coefficient (Wildman–Crippen LogP) is 2.87. The second-order valence-electron chi connectivity index (χ2n) is 4.11. The zero-order chi connectivity index (χ0) is 13.8. The Morgan fingerprint density at radius 3 is 3.00 bits per heavy atom. The second kappa shape index (κ2) is 7.14. The van der Waals surface area contributed by atoms with Crippen molar-refractivity contribution in [3.05, 3.63) is 28.8 Å². The number of fused-ring (bicyclic) bond motifs is 1. The summed E-state index contributed by atoms with van der Waals surface area (Å²) in [5, 5.41) is 0.614. The lowest BCUT2D eigenvalue weighted by Crippen LogP contribution is -2.33. The van der Waals surface area contributed by atoms with Gasteiger partial charge < -0.3 is 0 Å². The first-order valence-corrected chi connectivity index (χ1v) is 12.7. The standard InChI is InChI=1S/C11H17N3OP4/c1-2-3-6-14-10(15)8-7-12-5-4-9(8)13-11(14)19(17)18-16/h4-5,7,18H,2-3,6,16-17H2,1H3. The molecule has 0 radical (unpaired) electrons. The SMILES string of the molecule is CCCCn1c(P(P)PP)nc2ccncc2c1=O. The third kappa shape index (κ3) is 3.37. The summed E-state index contributed by atoms with van der Waals surface area (Å²) in [6.45, 7) is 2.87. The number of rotatable bonds is 5. The van der Waals surface area contributed by atoms with Crippen LogP contribution in [0.1, 0.15) is 19.8 Å². The molecule has 0 N–H and O–H groups in total. The molecule has 2 aromatic heterocycles. The Labute approximate surface area is 119 Å². The highest BCUT2D eigenvalue weighted by atomic mass is 32.6. The summed E-state index contributed by atoms with van der Waals surface area (Å²) in [4.78, 5) is 21.3. The molecule has 4 unspecified atom stereocenters. The molecule has 0 spiro atoms. The summed E-state index contributed by atoms with van der Waals surface area (Å²) in [5.41, 5.74) is 1.71. The van der Waals surface area contributed by atoms with Gasteiger partial charge in [-0.2, -0.15) is 0 Å². The number of nitrogens with zero attached hydrogens (tertiary/aromatic N) is 3. The summed E-state index contributed by atoms with van der Waals surface area (Å²) in [7, 11) is 5.82. The van der Waals surface area contributed by atoms with Gasteiger partial charge in [0.1, 0.15) is 5.57 Å².